The lowest BCUT2D eigenvalue weighted by Crippen LogP contribution is -2.65. The zero-order chi connectivity index (χ0) is 101. The number of ether oxygens (including phenoxy) is 6. The second-order valence-corrected chi connectivity index (χ2v) is 40.8. The van der Waals surface area contributed by atoms with Crippen LogP contribution < -0.4 is 73.1 Å². The van der Waals surface area contributed by atoms with Gasteiger partial charge in [0.05, 0.1) is 47.1 Å². The lowest BCUT2D eigenvalue weighted by atomic mass is 9.85. The van der Waals surface area contributed by atoms with Gasteiger partial charge in [0.25, 0.3) is 0 Å². The highest BCUT2D eigenvalue weighted by Crippen LogP contribution is 2.59. The topological polar surface area (TPSA) is 751 Å². The largest absolute Gasteiger partial charge is 0.507 e. The van der Waals surface area contributed by atoms with Crippen molar-refractivity contribution in [1.82, 2.24) is 58.1 Å². The molecule has 137 heavy (non-hydrogen) atoms. The number of hydrogen-bond acceptors (Lipinski definition) is 31. The fraction of sp³-hybridized carbons (Fsp3) is 0.529. The Morgan fingerprint density at radius 3 is 1.84 bits per heavy atom. The molecule has 28 N–H and O–H groups in total. The second-order valence-electron chi connectivity index (χ2n) is 34.6. The van der Waals surface area contributed by atoms with Crippen molar-refractivity contribution in [2.24, 2.45) is 11.7 Å². The maximum Gasteiger partial charge on any atom is 0.360 e. The van der Waals surface area contributed by atoms with Gasteiger partial charge in [-0.1, -0.05) is 107 Å². The molecule has 2 saturated heterocycles. The van der Waals surface area contributed by atoms with Crippen LogP contribution in [-0.2, 0) is 82.4 Å². The second kappa shape index (κ2) is 46.9. The molecule has 47 nitrogen and oxygen atoms in total. The van der Waals surface area contributed by atoms with Crippen molar-refractivity contribution in [3.8, 4) is 57.1 Å². The first-order chi connectivity index (χ1) is 64.3. The van der Waals surface area contributed by atoms with Crippen LogP contribution in [0.3, 0.4) is 0 Å². The number of nitrogens with two attached hydrogens (primary N) is 1. The van der Waals surface area contributed by atoms with Crippen LogP contribution in [0.25, 0.3) is 11.1 Å². The number of halogens is 2. The average molecular weight is 2030 g/mol. The number of rotatable bonds is 36. The summed E-state index contributed by atoms with van der Waals surface area (Å²) in [6.07, 6.45) is -14.5. The number of unbranched alkanes of at least 4 members (excludes halogenated alkanes) is 7. The Hall–Kier alpha value is -9.85. The number of fused-ring (bicyclic) bond motifs is 15. The highest BCUT2D eigenvalue weighted by atomic mass is 35.5. The van der Waals surface area contributed by atoms with Crippen LogP contribution in [0.15, 0.2) is 72.8 Å². The maximum atomic E-state index is 16.5. The van der Waals surface area contributed by atoms with E-state index < -0.39 is 336 Å². The summed E-state index contributed by atoms with van der Waals surface area (Å²) in [6.45, 7) is 8.15. The summed E-state index contributed by atoms with van der Waals surface area (Å²) < 4.78 is 75.5. The molecule has 7 heterocycles. The monoisotopic (exact) mass is 2030 g/mol. The molecule has 11 bridgehead atoms. The summed E-state index contributed by atoms with van der Waals surface area (Å²) in [7, 11) is -15.3. The molecule has 0 radical (unpaired) electrons. The van der Waals surface area contributed by atoms with Crippen molar-refractivity contribution in [3.05, 3.63) is 116 Å². The third-order valence-electron chi connectivity index (χ3n) is 23.7. The Kier molecular flexibility index (Phi) is 37.4. The number of amides is 9. The molecule has 5 aromatic rings. The molecule has 52 heteroatoms. The fourth-order valence-corrected chi connectivity index (χ4v) is 19.4. The molecule has 9 amide bonds. The van der Waals surface area contributed by atoms with Crippen molar-refractivity contribution < 1.29 is 170 Å². The Morgan fingerprint density at radius 1 is 0.664 bits per heavy atom. The molecule has 0 unspecified atom stereocenters. The fourth-order valence-electron chi connectivity index (χ4n) is 16.4. The van der Waals surface area contributed by atoms with Crippen molar-refractivity contribution in [3.63, 3.8) is 0 Å². The average Bonchev–Trinajstić information content (AvgIpc) is 0.752. The first kappa shape index (κ1) is 109. The highest BCUT2D eigenvalue weighted by Gasteiger charge is 2.53. The standard InChI is InChI=1S/C85H115Cl2N12O35P3/c1-7-8-9-10-11-12-13-14-23-89-24-25-91-85(5)34-61(129-39(4)75(85)111)133-74-72(110)71(109)57(36-100)132-83(74)134-73-55-30-43-31-56(73)131-54-20-17-42(29-48(54)87)69(107)67-81(117)96-65(82(118)119)45-32-52(102)46(35-90-37-135(120,121)122)70(108)62(45)44-27-40(15-18-51(44)101)63(78(114)98-67)95-79(115)64(43)94-76(112)49(33-58(88)103)92-80(116)66(68(106)41-16-19-53(130-55)47(86)28-41)97-77(113)50(26-38(2)3)99(6)60(105)22-21-59(104)93-84(136(123,124)125)137(126,127)128/h15-20,27-32,38-39,49-50,57,61,63-69,71-72,74-75,83-84,89-91,100-102,106-111H,7-14,21-26,33-37H2,1-6H3,(H2,88,103)(H,92,116)(H,93,104)(H,94,112)(H,95,115)(H,96,117)(H,97,113)(H,98,114)(H,118,119)(H2,120,121,122)(H2,123,124,125)(H2,126,127,128)/t39-,49-,50+,57+,61-,63+,64+,65-,66+,67-,68+,69+,71+,72-,74+,75+,83-,85-/m0/s1. The summed E-state index contributed by atoms with van der Waals surface area (Å²) in [5.41, 5.74) is -3.20. The summed E-state index contributed by atoms with van der Waals surface area (Å²) in [5, 5.41) is 143. The number of likely N-dealkylation sites (N-methyl/N-ethyl adjacent to an activating group) is 1. The number of carboxylic acid groups (broad SMARTS) is 1. The Bertz CT molecular complexity index is 5400. The molecular weight excluding hydrogens is 1910 g/mol. The van der Waals surface area contributed by atoms with Crippen LogP contribution in [0.4, 0.5) is 0 Å². The van der Waals surface area contributed by atoms with Gasteiger partial charge in [-0.3, -0.25) is 56.8 Å². The molecule has 7 aliphatic heterocycles. The number of primary amides is 1. The van der Waals surface area contributed by atoms with Gasteiger partial charge in [-0.2, -0.15) is 0 Å². The van der Waals surface area contributed by atoms with Gasteiger partial charge in [0.15, 0.2) is 29.9 Å². The number of carboxylic acids is 1. The number of aliphatic hydroxyl groups is 6. The predicted molar refractivity (Wildman–Crippen MR) is 481 cm³/mol. The van der Waals surface area contributed by atoms with E-state index in [9.17, 15) is 113 Å². The van der Waals surface area contributed by atoms with E-state index in [1.165, 1.54) is 24.6 Å². The number of aromatic hydroxyl groups is 3. The number of nitrogens with one attached hydrogen (secondary N) is 10. The summed E-state index contributed by atoms with van der Waals surface area (Å²) in [6, 6.07) is -5.01. The molecule has 18 atom stereocenters. The van der Waals surface area contributed by atoms with E-state index in [-0.39, 0.29) is 18.4 Å². The predicted octanol–water partition coefficient (Wildman–Crippen LogP) is 1.47. The van der Waals surface area contributed by atoms with E-state index in [1.807, 2.05) is 0 Å². The van der Waals surface area contributed by atoms with Gasteiger partial charge in [-0.25, -0.2) is 4.79 Å². The van der Waals surface area contributed by atoms with Gasteiger partial charge in [0, 0.05) is 68.2 Å². The molecule has 0 aromatic heterocycles. The Balaban J connectivity index is 1.16. The zero-order valence-corrected chi connectivity index (χ0v) is 79.1. The number of carbonyl (C=O) groups excluding carboxylic acids is 9. The number of hydrogen-bond donors (Lipinski definition) is 27. The van der Waals surface area contributed by atoms with Crippen molar-refractivity contribution >= 4 is 105 Å². The maximum absolute atomic E-state index is 16.5. The van der Waals surface area contributed by atoms with Crippen LogP contribution in [0.2, 0.25) is 10.0 Å². The minimum absolute atomic E-state index is 0.191. The number of aliphatic hydroxyl groups excluding tert-OH is 6. The van der Waals surface area contributed by atoms with Gasteiger partial charge >= 0.3 is 28.8 Å². The number of carbonyl (C=O) groups is 10. The lowest BCUT2D eigenvalue weighted by molar-refractivity contribution is -0.334. The van der Waals surface area contributed by atoms with Gasteiger partial charge in [0.1, 0.15) is 95.5 Å². The normalized spacial score (nSPS) is 25.2. The summed E-state index contributed by atoms with van der Waals surface area (Å²) in [4.78, 5) is 207. The van der Waals surface area contributed by atoms with E-state index >= 15 is 28.8 Å². The van der Waals surface area contributed by atoms with Crippen LogP contribution >= 0.6 is 46.0 Å². The molecule has 7 aliphatic rings. The minimum Gasteiger partial charge on any atom is -0.507 e. The first-order valence-electron chi connectivity index (χ1n) is 43.7. The molecule has 754 valence electrons. The van der Waals surface area contributed by atoms with Crippen LogP contribution in [-0.4, -0.2) is 268 Å². The van der Waals surface area contributed by atoms with Crippen LogP contribution in [0.5, 0.6) is 46.0 Å². The van der Waals surface area contributed by atoms with Gasteiger partial charge in [-0.05, 0) is 116 Å². The number of phenolic OH excluding ortho intramolecular Hbond substituents is 3. The molecule has 2 fully saturated rings. The van der Waals surface area contributed by atoms with Crippen molar-refractivity contribution in [2.45, 2.75) is 239 Å². The molecule has 0 saturated carbocycles. The Morgan fingerprint density at radius 2 is 1.26 bits per heavy atom. The van der Waals surface area contributed by atoms with E-state index in [1.54, 1.807) is 27.7 Å². The van der Waals surface area contributed by atoms with Crippen molar-refractivity contribution in [2.75, 3.05) is 39.6 Å². The summed E-state index contributed by atoms with van der Waals surface area (Å²) in [5.74, 6) is -22.0. The number of benzene rings is 5. The highest BCUT2D eigenvalue weighted by molar-refractivity contribution is 7.70. The third-order valence-corrected chi connectivity index (χ3v) is 28.2. The molecular formula is C85H115Cl2N12O35P3. The van der Waals surface area contributed by atoms with Gasteiger partial charge in [0.2, 0.25) is 70.7 Å². The van der Waals surface area contributed by atoms with E-state index in [2.05, 4.69) is 54.8 Å². The lowest BCUT2D eigenvalue weighted by Gasteiger charge is -2.48. The van der Waals surface area contributed by atoms with E-state index in [0.717, 1.165) is 111 Å². The van der Waals surface area contributed by atoms with E-state index in [4.69, 9.17) is 57.4 Å². The molecule has 5 aromatic carbocycles. The van der Waals surface area contributed by atoms with Crippen LogP contribution in [0.1, 0.15) is 182 Å². The molecule has 0 aliphatic carbocycles. The van der Waals surface area contributed by atoms with E-state index in [0.29, 0.717) is 25.7 Å². The third kappa shape index (κ3) is 27.7. The smallest absolute Gasteiger partial charge is 0.360 e. The first-order valence-corrected chi connectivity index (χ1v) is 49.6. The Labute approximate surface area is 793 Å². The number of nitrogens with zero attached hydrogens (tertiary/aromatic N) is 1. The van der Waals surface area contributed by atoms with Gasteiger partial charge < -0.3 is 173 Å². The minimum atomic E-state index is -5.74. The van der Waals surface area contributed by atoms with Gasteiger partial charge in [-0.15, -0.1) is 0 Å². The van der Waals surface area contributed by atoms with Crippen LogP contribution in [0, 0.1) is 5.92 Å². The molecule has 12 rings (SSSR count). The number of aliphatic carboxylic acids is 1. The quantitative estimate of drug-likeness (QED) is 0.0199. The van der Waals surface area contributed by atoms with Crippen molar-refractivity contribution in [1.29, 1.82) is 0 Å². The number of phenols is 3. The summed E-state index contributed by atoms with van der Waals surface area (Å²) >= 11 is 14.4. The zero-order valence-electron chi connectivity index (χ0n) is 74.9. The SMILES string of the molecule is CCCCCCCCCCNCCN[C@@]1(C)C[C@H](O[C@H]2[C@H](Oc3c4cc5cc3Oc3ccc(cc3Cl)[C@@H](O)[C@@H](NC(=O)[C@@H](CC(C)C)N(C)C(=O)CCC(=O)NC(P(=O)(O)O)P(=O)(O)O)C(=O)N[C@@H](CC(N)=O)C(=O)N[C@H]5C(=O)N[C@H]3C(=O)N[C@H](C(=O)N[C@H](C(=O)O)c5cc(O)c(CNCP(=O)(O)O)c(O)c5-c5cc3ccc5O)[C@H](O)c3ccc(c(Cl)c3)O4)O[C@H](CO)[C@@H](O)[C@@H]2O)O[C@@H](C)[C@H]1O. The molecule has 0 spiro atoms.